The van der Waals surface area contributed by atoms with E-state index in [1.807, 2.05) is 19.1 Å². The topological polar surface area (TPSA) is 0 Å². The van der Waals surface area contributed by atoms with Crippen molar-refractivity contribution < 1.29 is 4.39 Å². The summed E-state index contributed by atoms with van der Waals surface area (Å²) in [5.41, 5.74) is 1.19. The van der Waals surface area contributed by atoms with Crippen LogP contribution in [0.3, 0.4) is 0 Å². The molecular formula is C8H10FP. The average molecular weight is 156 g/mol. The molecule has 1 atom stereocenters. The van der Waals surface area contributed by atoms with Crippen molar-refractivity contribution >= 4 is 9.24 Å². The fraction of sp³-hybridized carbons (Fsp3) is 0.250. The van der Waals surface area contributed by atoms with Crippen LogP contribution in [0.1, 0.15) is 13.3 Å². The highest BCUT2D eigenvalue weighted by Crippen LogP contribution is 2.22. The van der Waals surface area contributed by atoms with E-state index in [9.17, 15) is 4.39 Å². The van der Waals surface area contributed by atoms with Gasteiger partial charge in [0.15, 0.2) is 0 Å². The number of allylic oxidation sites excluding steroid dienone is 6. The van der Waals surface area contributed by atoms with Gasteiger partial charge in [0.1, 0.15) is 5.83 Å². The predicted octanol–water partition coefficient (Wildman–Crippen LogP) is 2.95. The van der Waals surface area contributed by atoms with Gasteiger partial charge < -0.3 is 0 Å². The van der Waals surface area contributed by atoms with Crippen molar-refractivity contribution in [3.63, 3.8) is 0 Å². The van der Waals surface area contributed by atoms with Crippen LogP contribution in [0.25, 0.3) is 0 Å². The van der Waals surface area contributed by atoms with E-state index >= 15 is 0 Å². The molecule has 1 aliphatic rings. The Morgan fingerprint density at radius 3 is 3.00 bits per heavy atom. The van der Waals surface area contributed by atoms with E-state index in [1.165, 1.54) is 11.6 Å². The van der Waals surface area contributed by atoms with E-state index in [4.69, 9.17) is 0 Å². The Morgan fingerprint density at radius 1 is 1.60 bits per heavy atom. The second-order valence-corrected chi connectivity index (χ2v) is 3.02. The van der Waals surface area contributed by atoms with Crippen molar-refractivity contribution in [3.05, 3.63) is 34.9 Å². The van der Waals surface area contributed by atoms with Gasteiger partial charge in [0.2, 0.25) is 0 Å². The molecule has 0 spiro atoms. The molecule has 54 valence electrons. The Hall–Kier alpha value is -0.420. The van der Waals surface area contributed by atoms with Crippen LogP contribution in [0.5, 0.6) is 0 Å². The largest absolute Gasteiger partial charge is 0.206 e. The van der Waals surface area contributed by atoms with E-state index in [0.717, 1.165) is 6.42 Å². The van der Waals surface area contributed by atoms with E-state index in [0.29, 0.717) is 5.31 Å². The highest BCUT2D eigenvalue weighted by atomic mass is 31.0. The van der Waals surface area contributed by atoms with Gasteiger partial charge in [0, 0.05) is 5.31 Å². The Bertz CT molecular complexity index is 223. The van der Waals surface area contributed by atoms with Crippen LogP contribution in [0.4, 0.5) is 4.39 Å². The first kappa shape index (κ1) is 7.68. The molecular weight excluding hydrogens is 146 g/mol. The van der Waals surface area contributed by atoms with Gasteiger partial charge in [0.25, 0.3) is 0 Å². The third-order valence-corrected chi connectivity index (χ3v) is 1.82. The zero-order valence-electron chi connectivity index (χ0n) is 5.89. The Labute approximate surface area is 62.7 Å². The molecule has 1 rings (SSSR count). The summed E-state index contributed by atoms with van der Waals surface area (Å²) in [6, 6.07) is 0. The highest BCUT2D eigenvalue weighted by molar-refractivity contribution is 7.23. The average Bonchev–Trinajstić information content (AvgIpc) is 1.96. The molecule has 1 unspecified atom stereocenters. The Morgan fingerprint density at radius 2 is 2.30 bits per heavy atom. The van der Waals surface area contributed by atoms with E-state index < -0.39 is 0 Å². The van der Waals surface area contributed by atoms with Crippen LogP contribution >= 0.6 is 9.24 Å². The van der Waals surface area contributed by atoms with Crippen LogP contribution in [0.2, 0.25) is 0 Å². The molecule has 0 bridgehead atoms. The van der Waals surface area contributed by atoms with Crippen LogP contribution in [0.15, 0.2) is 34.9 Å². The monoisotopic (exact) mass is 156 g/mol. The molecule has 2 heteroatoms. The minimum atomic E-state index is -0.151. The summed E-state index contributed by atoms with van der Waals surface area (Å²) in [4.78, 5) is 0. The molecule has 0 saturated carbocycles. The van der Waals surface area contributed by atoms with Gasteiger partial charge >= 0.3 is 0 Å². The van der Waals surface area contributed by atoms with Gasteiger partial charge in [-0.3, -0.25) is 0 Å². The van der Waals surface area contributed by atoms with E-state index in [1.54, 1.807) is 0 Å². The first-order valence-electron chi connectivity index (χ1n) is 3.19. The van der Waals surface area contributed by atoms with Gasteiger partial charge in [0.05, 0.1) is 0 Å². The van der Waals surface area contributed by atoms with Gasteiger partial charge in [-0.05, 0) is 19.4 Å². The Kier molecular flexibility index (Phi) is 2.39. The van der Waals surface area contributed by atoms with Crippen molar-refractivity contribution in [1.82, 2.24) is 0 Å². The second-order valence-electron chi connectivity index (χ2n) is 2.40. The number of hydrogen-bond acceptors (Lipinski definition) is 0. The maximum atomic E-state index is 12.7. The fourth-order valence-electron chi connectivity index (χ4n) is 0.838. The normalized spacial score (nSPS) is 18.9. The molecule has 0 fully saturated rings. The lowest BCUT2D eigenvalue weighted by molar-refractivity contribution is 0.665. The summed E-state index contributed by atoms with van der Waals surface area (Å²) in [6.45, 7) is 1.99. The summed E-state index contributed by atoms with van der Waals surface area (Å²) in [5, 5.41) is 0.645. The minimum Gasteiger partial charge on any atom is -0.206 e. The summed E-state index contributed by atoms with van der Waals surface area (Å²) in [5.74, 6) is -0.151. The highest BCUT2D eigenvalue weighted by Gasteiger charge is 1.98. The molecule has 0 aromatic rings. The third kappa shape index (κ3) is 1.78. The van der Waals surface area contributed by atoms with Gasteiger partial charge in [-0.1, -0.05) is 17.7 Å². The molecule has 0 saturated heterocycles. The lowest BCUT2D eigenvalue weighted by Gasteiger charge is -1.92. The maximum absolute atomic E-state index is 12.7. The number of rotatable bonds is 0. The van der Waals surface area contributed by atoms with E-state index in [-0.39, 0.29) is 5.83 Å². The van der Waals surface area contributed by atoms with Crippen molar-refractivity contribution in [3.8, 4) is 0 Å². The van der Waals surface area contributed by atoms with Crippen LogP contribution in [-0.4, -0.2) is 0 Å². The van der Waals surface area contributed by atoms with Crippen LogP contribution < -0.4 is 0 Å². The number of hydrogen-bond donors (Lipinski definition) is 0. The molecule has 0 aliphatic heterocycles. The first-order valence-corrected chi connectivity index (χ1v) is 3.77. The molecule has 0 N–H and O–H groups in total. The predicted molar refractivity (Wildman–Crippen MR) is 45.4 cm³/mol. The molecule has 0 nitrogen and oxygen atoms in total. The molecule has 1 aliphatic carbocycles. The van der Waals surface area contributed by atoms with Crippen molar-refractivity contribution in [2.75, 3.05) is 0 Å². The summed E-state index contributed by atoms with van der Waals surface area (Å²) in [7, 11) is 2.38. The summed E-state index contributed by atoms with van der Waals surface area (Å²) < 4.78 is 12.7. The van der Waals surface area contributed by atoms with Gasteiger partial charge in [-0.15, -0.1) is 9.24 Å². The lowest BCUT2D eigenvalue weighted by atomic mass is 10.2. The van der Waals surface area contributed by atoms with Crippen molar-refractivity contribution in [1.29, 1.82) is 0 Å². The Balaban J connectivity index is 2.98. The standard InChI is InChI=1S/C8H10FP/c1-6-3-2-4-7(9)8(10)5-6/h2,4-5H,3,10H2,1H3. The summed E-state index contributed by atoms with van der Waals surface area (Å²) >= 11 is 0. The SMILES string of the molecule is CC1=CC(P)=C(F)C=CC1. The molecule has 0 radical (unpaired) electrons. The summed E-state index contributed by atoms with van der Waals surface area (Å²) in [6.07, 6.45) is 6.04. The molecule has 10 heavy (non-hydrogen) atoms. The van der Waals surface area contributed by atoms with Gasteiger partial charge in [-0.2, -0.15) is 0 Å². The van der Waals surface area contributed by atoms with E-state index in [2.05, 4.69) is 9.24 Å². The van der Waals surface area contributed by atoms with Crippen molar-refractivity contribution in [2.24, 2.45) is 0 Å². The maximum Gasteiger partial charge on any atom is 0.130 e. The van der Waals surface area contributed by atoms with Gasteiger partial charge in [-0.25, -0.2) is 4.39 Å². The number of halogens is 1. The first-order chi connectivity index (χ1) is 4.70. The third-order valence-electron chi connectivity index (χ3n) is 1.38. The fourth-order valence-corrected chi connectivity index (χ4v) is 1.22. The zero-order chi connectivity index (χ0) is 7.56. The van der Waals surface area contributed by atoms with Crippen LogP contribution in [-0.2, 0) is 0 Å². The van der Waals surface area contributed by atoms with Crippen molar-refractivity contribution in [2.45, 2.75) is 13.3 Å². The lowest BCUT2D eigenvalue weighted by Crippen LogP contribution is -1.70. The minimum absolute atomic E-state index is 0.151. The molecule has 0 amide bonds. The zero-order valence-corrected chi connectivity index (χ0v) is 7.05. The molecule has 0 aromatic heterocycles. The quantitative estimate of drug-likeness (QED) is 0.473. The second kappa shape index (κ2) is 3.12. The molecule has 0 heterocycles. The van der Waals surface area contributed by atoms with Crippen LogP contribution in [0, 0.1) is 0 Å². The molecule has 0 aromatic carbocycles. The smallest absolute Gasteiger partial charge is 0.130 e.